The normalized spacial score (nSPS) is 13.6. The van der Waals surface area contributed by atoms with Crippen LogP contribution in [0.25, 0.3) is 0 Å². The highest BCUT2D eigenvalue weighted by Gasteiger charge is 2.39. The van der Waals surface area contributed by atoms with Gasteiger partial charge in [0.15, 0.2) is 0 Å². The number of carbonyl (C=O) groups excluding carboxylic acids is 1. The molecule has 0 aliphatic heterocycles. The van der Waals surface area contributed by atoms with Crippen molar-refractivity contribution in [3.8, 4) is 0 Å². The summed E-state index contributed by atoms with van der Waals surface area (Å²) in [6, 6.07) is 22.1. The molecule has 154 valence electrons. The minimum atomic E-state index is -4.31. The molecule has 8 nitrogen and oxygen atoms in total. The van der Waals surface area contributed by atoms with Crippen LogP contribution in [0.3, 0.4) is 0 Å². The van der Waals surface area contributed by atoms with Gasteiger partial charge in [-0.05, 0) is 23.8 Å². The Hall–Kier alpha value is -3.48. The van der Waals surface area contributed by atoms with Crippen molar-refractivity contribution < 1.29 is 23.9 Å². The maximum absolute atomic E-state index is 13.4. The summed E-state index contributed by atoms with van der Waals surface area (Å²) >= 11 is 0. The summed E-state index contributed by atoms with van der Waals surface area (Å²) in [4.78, 5) is 34.1. The number of nitrogens with one attached hydrogen (secondary N) is 1. The fraction of sp³-hybridized carbons (Fsp3) is 0.0952. The SMILES string of the molecule is O=C(NC(c1ccccc1[N+](=O)[O-])P(=O)(O)c1ccccc1)OCc1ccccc1. The van der Waals surface area contributed by atoms with Gasteiger partial charge in [-0.15, -0.1) is 0 Å². The quantitative estimate of drug-likeness (QED) is 0.333. The van der Waals surface area contributed by atoms with Gasteiger partial charge in [-0.3, -0.25) is 14.7 Å². The Morgan fingerprint density at radius 1 is 1.00 bits per heavy atom. The van der Waals surface area contributed by atoms with E-state index < -0.39 is 24.2 Å². The van der Waals surface area contributed by atoms with Gasteiger partial charge in [-0.25, -0.2) is 4.79 Å². The second-order valence-corrected chi connectivity index (χ2v) is 8.66. The molecule has 30 heavy (non-hydrogen) atoms. The molecule has 2 unspecified atom stereocenters. The van der Waals surface area contributed by atoms with Crippen molar-refractivity contribution in [2.75, 3.05) is 0 Å². The number of benzene rings is 3. The molecule has 0 aliphatic rings. The molecule has 1 amide bonds. The third kappa shape index (κ3) is 4.92. The summed E-state index contributed by atoms with van der Waals surface area (Å²) in [5.74, 6) is -1.57. The van der Waals surface area contributed by atoms with Gasteiger partial charge in [0.2, 0.25) is 0 Å². The predicted molar refractivity (Wildman–Crippen MR) is 112 cm³/mol. The molecule has 3 aromatic carbocycles. The molecule has 0 fully saturated rings. The minimum absolute atomic E-state index is 0.0523. The van der Waals surface area contributed by atoms with Crippen LogP contribution in [0.15, 0.2) is 84.9 Å². The number of nitro benzene ring substituents is 1. The van der Waals surface area contributed by atoms with Crippen LogP contribution in [0, 0.1) is 10.1 Å². The monoisotopic (exact) mass is 426 g/mol. The third-order valence-corrected chi connectivity index (χ3v) is 6.52. The number of nitrogens with zero attached hydrogens (tertiary/aromatic N) is 1. The highest BCUT2D eigenvalue weighted by atomic mass is 31.2. The first-order chi connectivity index (χ1) is 14.4. The lowest BCUT2D eigenvalue weighted by Crippen LogP contribution is -2.32. The van der Waals surface area contributed by atoms with Crippen molar-refractivity contribution in [3.63, 3.8) is 0 Å². The van der Waals surface area contributed by atoms with E-state index in [9.17, 15) is 24.4 Å². The number of hydrogen-bond acceptors (Lipinski definition) is 5. The number of nitro groups is 1. The minimum Gasteiger partial charge on any atom is -0.445 e. The smallest absolute Gasteiger partial charge is 0.408 e. The van der Waals surface area contributed by atoms with Gasteiger partial charge in [0, 0.05) is 11.4 Å². The molecule has 9 heteroatoms. The van der Waals surface area contributed by atoms with Gasteiger partial charge < -0.3 is 14.9 Å². The Kier molecular flexibility index (Phi) is 6.61. The van der Waals surface area contributed by atoms with Crippen LogP contribution < -0.4 is 10.6 Å². The van der Waals surface area contributed by atoms with Gasteiger partial charge in [0.1, 0.15) is 12.4 Å². The molecule has 0 aliphatic carbocycles. The number of hydrogen-bond donors (Lipinski definition) is 2. The maximum Gasteiger partial charge on any atom is 0.408 e. The molecule has 0 aromatic heterocycles. The van der Waals surface area contributed by atoms with E-state index in [-0.39, 0.29) is 23.2 Å². The number of amides is 1. The first-order valence-electron chi connectivity index (χ1n) is 8.98. The molecule has 0 spiro atoms. The topological polar surface area (TPSA) is 119 Å². The fourth-order valence-electron chi connectivity index (χ4n) is 2.91. The summed E-state index contributed by atoms with van der Waals surface area (Å²) in [7, 11) is -4.31. The van der Waals surface area contributed by atoms with Crippen molar-refractivity contribution in [1.82, 2.24) is 5.32 Å². The molecule has 3 aromatic rings. The van der Waals surface area contributed by atoms with Gasteiger partial charge >= 0.3 is 6.09 Å². The van der Waals surface area contributed by atoms with Crippen molar-refractivity contribution in [3.05, 3.63) is 106 Å². The zero-order valence-electron chi connectivity index (χ0n) is 15.8. The molecule has 2 atom stereocenters. The third-order valence-electron chi connectivity index (χ3n) is 4.37. The predicted octanol–water partition coefficient (Wildman–Crippen LogP) is 4.12. The number of carbonyl (C=O) groups is 1. The molecule has 2 N–H and O–H groups in total. The van der Waals surface area contributed by atoms with E-state index in [4.69, 9.17) is 4.74 Å². The second-order valence-electron chi connectivity index (χ2n) is 6.38. The van der Waals surface area contributed by atoms with Gasteiger partial charge in [0.25, 0.3) is 13.1 Å². The standard InChI is InChI=1S/C21H19N2O6P/c24-21(29-15-16-9-3-1-4-10-16)22-20(18-13-7-8-14-19(18)23(25)26)30(27,28)17-11-5-2-6-12-17/h1-14,20H,15H2,(H,22,24)(H,27,28). The summed E-state index contributed by atoms with van der Waals surface area (Å²) in [6.07, 6.45) is -0.966. The Bertz CT molecular complexity index is 1080. The molecule has 0 radical (unpaired) electrons. The van der Waals surface area contributed by atoms with Crippen molar-refractivity contribution in [2.45, 2.75) is 12.4 Å². The lowest BCUT2D eigenvalue weighted by Gasteiger charge is -2.24. The van der Waals surface area contributed by atoms with Crippen LogP contribution in [-0.4, -0.2) is 15.9 Å². The van der Waals surface area contributed by atoms with Crippen molar-refractivity contribution in [2.24, 2.45) is 0 Å². The van der Waals surface area contributed by atoms with E-state index in [2.05, 4.69) is 5.32 Å². The van der Waals surface area contributed by atoms with Crippen molar-refractivity contribution in [1.29, 1.82) is 0 Å². The Balaban J connectivity index is 1.93. The average Bonchev–Trinajstić information content (AvgIpc) is 2.77. The van der Waals surface area contributed by atoms with E-state index in [1.165, 1.54) is 36.4 Å². The van der Waals surface area contributed by atoms with Crippen LogP contribution in [0.4, 0.5) is 10.5 Å². The fourth-order valence-corrected chi connectivity index (χ4v) is 4.68. The van der Waals surface area contributed by atoms with E-state index in [0.29, 0.717) is 0 Å². The summed E-state index contributed by atoms with van der Waals surface area (Å²) in [5, 5.41) is 13.9. The van der Waals surface area contributed by atoms with E-state index in [0.717, 1.165) is 5.56 Å². The van der Waals surface area contributed by atoms with E-state index >= 15 is 0 Å². The largest absolute Gasteiger partial charge is 0.445 e. The van der Waals surface area contributed by atoms with Gasteiger partial charge in [0.05, 0.1) is 10.5 Å². The maximum atomic E-state index is 13.4. The summed E-state index contributed by atoms with van der Waals surface area (Å²) in [5.41, 5.74) is 0.259. The molecule has 3 rings (SSSR count). The molecule has 0 bridgehead atoms. The van der Waals surface area contributed by atoms with Crippen LogP contribution in [0.2, 0.25) is 0 Å². The Labute approximate surface area is 172 Å². The summed E-state index contributed by atoms with van der Waals surface area (Å²) in [6.45, 7) is -0.0582. The second kappa shape index (κ2) is 9.35. The highest BCUT2D eigenvalue weighted by molar-refractivity contribution is 7.66. The van der Waals surface area contributed by atoms with Gasteiger partial charge in [-0.2, -0.15) is 0 Å². The van der Waals surface area contributed by atoms with Crippen LogP contribution >= 0.6 is 7.37 Å². The number of rotatable bonds is 7. The molecular weight excluding hydrogens is 407 g/mol. The molecular formula is C21H19N2O6P. The Morgan fingerprint density at radius 3 is 2.20 bits per heavy atom. The lowest BCUT2D eigenvalue weighted by atomic mass is 10.2. The van der Waals surface area contributed by atoms with Crippen LogP contribution in [0.1, 0.15) is 16.9 Å². The van der Waals surface area contributed by atoms with Crippen LogP contribution in [0.5, 0.6) is 0 Å². The van der Waals surface area contributed by atoms with Gasteiger partial charge in [-0.1, -0.05) is 60.7 Å². The molecule has 0 heterocycles. The van der Waals surface area contributed by atoms with E-state index in [1.807, 2.05) is 6.07 Å². The lowest BCUT2D eigenvalue weighted by molar-refractivity contribution is -0.385. The van der Waals surface area contributed by atoms with Crippen molar-refractivity contribution >= 4 is 24.5 Å². The highest BCUT2D eigenvalue weighted by Crippen LogP contribution is 2.54. The molecule has 0 saturated carbocycles. The molecule has 0 saturated heterocycles. The average molecular weight is 426 g/mol. The number of para-hydroxylation sites is 1. The number of ether oxygens (including phenoxy) is 1. The first-order valence-corrected chi connectivity index (χ1v) is 10.7. The zero-order valence-corrected chi connectivity index (χ0v) is 16.6. The number of alkyl carbamates (subject to hydrolysis) is 1. The zero-order chi connectivity index (χ0) is 21.6. The van der Waals surface area contributed by atoms with Crippen LogP contribution in [-0.2, 0) is 15.9 Å². The summed E-state index contributed by atoms with van der Waals surface area (Å²) < 4.78 is 18.5. The van der Waals surface area contributed by atoms with E-state index in [1.54, 1.807) is 42.5 Å². The Morgan fingerprint density at radius 2 is 1.57 bits per heavy atom. The first kappa shape index (κ1) is 21.2.